The fourth-order valence-corrected chi connectivity index (χ4v) is 4.05. The van der Waals surface area contributed by atoms with E-state index < -0.39 is 6.10 Å². The number of benzene rings is 2. The maximum absolute atomic E-state index is 11.8. The highest BCUT2D eigenvalue weighted by Gasteiger charge is 2.18. The van der Waals surface area contributed by atoms with Crippen molar-refractivity contribution in [3.63, 3.8) is 0 Å². The maximum Gasteiger partial charge on any atom is 0.163 e. The maximum atomic E-state index is 11.8. The summed E-state index contributed by atoms with van der Waals surface area (Å²) in [6.45, 7) is 6.07. The van der Waals surface area contributed by atoms with E-state index in [1.165, 1.54) is 10.8 Å². The van der Waals surface area contributed by atoms with Crippen LogP contribution < -0.4 is 0 Å². The smallest absolute Gasteiger partial charge is 0.163 e. The lowest BCUT2D eigenvalue weighted by Gasteiger charge is -2.15. The van der Waals surface area contributed by atoms with E-state index in [2.05, 4.69) is 33.9 Å². The Kier molecular flexibility index (Phi) is 4.32. The van der Waals surface area contributed by atoms with E-state index in [1.807, 2.05) is 38.1 Å². The minimum Gasteiger partial charge on any atom is -0.389 e. The molecule has 27 heavy (non-hydrogen) atoms. The molecule has 0 aliphatic carbocycles. The van der Waals surface area contributed by atoms with Crippen LogP contribution in [-0.2, 0) is 13.1 Å². The van der Waals surface area contributed by atoms with Crippen molar-refractivity contribution < 1.29 is 9.90 Å². The second kappa shape index (κ2) is 6.67. The number of fused-ring (bicyclic) bond motifs is 3. The van der Waals surface area contributed by atoms with Gasteiger partial charge in [0.1, 0.15) is 0 Å². The van der Waals surface area contributed by atoms with Gasteiger partial charge in [-0.05, 0) is 32.9 Å². The van der Waals surface area contributed by atoms with Gasteiger partial charge in [-0.2, -0.15) is 5.10 Å². The first-order valence-electron chi connectivity index (χ1n) is 9.16. The van der Waals surface area contributed by atoms with Gasteiger partial charge >= 0.3 is 0 Å². The van der Waals surface area contributed by atoms with Crippen molar-refractivity contribution in [3.8, 4) is 0 Å². The van der Waals surface area contributed by atoms with Gasteiger partial charge in [-0.15, -0.1) is 0 Å². The number of hydrogen-bond donors (Lipinski definition) is 1. The predicted octanol–water partition coefficient (Wildman–Crippen LogP) is 3.87. The number of aryl methyl sites for hydroxylation is 1. The Bertz CT molecular complexity index is 1100. The zero-order chi connectivity index (χ0) is 19.1. The zero-order valence-corrected chi connectivity index (χ0v) is 15.8. The first-order chi connectivity index (χ1) is 13.0. The Morgan fingerprint density at radius 1 is 1.00 bits per heavy atom. The molecule has 138 valence electrons. The van der Waals surface area contributed by atoms with Crippen LogP contribution in [0.5, 0.6) is 0 Å². The van der Waals surface area contributed by atoms with Gasteiger partial charge in [0.25, 0.3) is 0 Å². The Hall–Kier alpha value is -2.92. The van der Waals surface area contributed by atoms with Crippen molar-refractivity contribution in [3.05, 3.63) is 65.5 Å². The van der Waals surface area contributed by atoms with E-state index in [9.17, 15) is 9.90 Å². The predicted molar refractivity (Wildman–Crippen MR) is 107 cm³/mol. The summed E-state index contributed by atoms with van der Waals surface area (Å²) < 4.78 is 3.90. The number of carbonyl (C=O) groups is 1. The number of ketones is 1. The third-order valence-corrected chi connectivity index (χ3v) is 5.19. The summed E-state index contributed by atoms with van der Waals surface area (Å²) in [4.78, 5) is 11.8. The summed E-state index contributed by atoms with van der Waals surface area (Å²) in [7, 11) is 0. The minimum absolute atomic E-state index is 0.00753. The van der Waals surface area contributed by atoms with Crippen LogP contribution in [-0.4, -0.2) is 31.3 Å². The van der Waals surface area contributed by atoms with E-state index in [0.29, 0.717) is 24.3 Å². The number of carbonyl (C=O) groups excluding carboxylic acids is 1. The molecule has 2 aromatic heterocycles. The van der Waals surface area contributed by atoms with Crippen LogP contribution >= 0.6 is 0 Å². The van der Waals surface area contributed by atoms with Gasteiger partial charge in [0.05, 0.1) is 30.5 Å². The number of nitrogens with zero attached hydrogens (tertiary/aromatic N) is 3. The number of para-hydroxylation sites is 2. The molecule has 4 rings (SSSR count). The molecule has 0 spiro atoms. The fourth-order valence-electron chi connectivity index (χ4n) is 4.05. The Balaban J connectivity index is 1.68. The number of aliphatic hydroxyl groups excluding tert-OH is 1. The monoisotopic (exact) mass is 361 g/mol. The summed E-state index contributed by atoms with van der Waals surface area (Å²) in [6.07, 6.45) is -0.623. The van der Waals surface area contributed by atoms with Gasteiger partial charge < -0.3 is 9.67 Å². The summed E-state index contributed by atoms with van der Waals surface area (Å²) in [5, 5.41) is 17.6. The van der Waals surface area contributed by atoms with Crippen LogP contribution in [0.1, 0.15) is 28.7 Å². The van der Waals surface area contributed by atoms with E-state index in [4.69, 9.17) is 0 Å². The SMILES string of the molecule is CC(=O)c1c(C)nn(CC(O)Cn2c3ccccc3c3ccccc32)c1C. The first-order valence-corrected chi connectivity index (χ1v) is 9.16. The van der Waals surface area contributed by atoms with Gasteiger partial charge in [-0.3, -0.25) is 9.48 Å². The van der Waals surface area contributed by atoms with E-state index in [1.54, 1.807) is 11.6 Å². The van der Waals surface area contributed by atoms with Crippen molar-refractivity contribution in [1.29, 1.82) is 0 Å². The number of hydrogen-bond acceptors (Lipinski definition) is 3. The second-order valence-electron chi connectivity index (χ2n) is 7.08. The van der Waals surface area contributed by atoms with Gasteiger partial charge in [-0.1, -0.05) is 36.4 Å². The molecule has 4 aromatic rings. The Morgan fingerprint density at radius 2 is 1.56 bits per heavy atom. The van der Waals surface area contributed by atoms with E-state index in [-0.39, 0.29) is 5.78 Å². The molecule has 0 fully saturated rings. The number of aliphatic hydroxyl groups is 1. The van der Waals surface area contributed by atoms with E-state index >= 15 is 0 Å². The zero-order valence-electron chi connectivity index (χ0n) is 15.8. The number of aromatic nitrogens is 3. The molecule has 5 heteroatoms. The van der Waals surface area contributed by atoms with Crippen LogP contribution in [0.15, 0.2) is 48.5 Å². The van der Waals surface area contributed by atoms with Crippen LogP contribution in [0.3, 0.4) is 0 Å². The van der Waals surface area contributed by atoms with Crippen molar-refractivity contribution in [2.75, 3.05) is 0 Å². The number of Topliss-reactive ketones (excluding diaryl/α,β-unsaturated/α-hetero) is 1. The Labute approximate surface area is 157 Å². The van der Waals surface area contributed by atoms with Crippen LogP contribution in [0.2, 0.25) is 0 Å². The average molecular weight is 361 g/mol. The third-order valence-electron chi connectivity index (χ3n) is 5.19. The number of rotatable bonds is 5. The molecule has 2 heterocycles. The van der Waals surface area contributed by atoms with E-state index in [0.717, 1.165) is 16.7 Å². The topological polar surface area (TPSA) is 60.1 Å². The first kappa shape index (κ1) is 17.5. The second-order valence-corrected chi connectivity index (χ2v) is 7.08. The van der Waals surface area contributed by atoms with Gasteiger partial charge in [0.2, 0.25) is 0 Å². The average Bonchev–Trinajstić information content (AvgIpc) is 3.10. The highest BCUT2D eigenvalue weighted by Crippen LogP contribution is 2.29. The Morgan fingerprint density at radius 3 is 2.07 bits per heavy atom. The summed E-state index contributed by atoms with van der Waals surface area (Å²) in [5.41, 5.74) is 4.38. The molecule has 0 saturated heterocycles. The summed E-state index contributed by atoms with van der Waals surface area (Å²) >= 11 is 0. The van der Waals surface area contributed by atoms with Crippen LogP contribution in [0.4, 0.5) is 0 Å². The molecule has 0 amide bonds. The molecule has 0 bridgehead atoms. The van der Waals surface area contributed by atoms with Crippen LogP contribution in [0.25, 0.3) is 21.8 Å². The quantitative estimate of drug-likeness (QED) is 0.549. The van der Waals surface area contributed by atoms with Crippen molar-refractivity contribution in [2.24, 2.45) is 0 Å². The summed E-state index contributed by atoms with van der Waals surface area (Å²) in [6, 6.07) is 16.5. The minimum atomic E-state index is -0.623. The third kappa shape index (κ3) is 2.94. The molecular formula is C22H23N3O2. The molecule has 1 unspecified atom stereocenters. The lowest BCUT2D eigenvalue weighted by atomic mass is 10.1. The van der Waals surface area contributed by atoms with Crippen molar-refractivity contribution in [1.82, 2.24) is 14.3 Å². The molecule has 0 aliphatic rings. The van der Waals surface area contributed by atoms with Crippen molar-refractivity contribution in [2.45, 2.75) is 40.0 Å². The standard InChI is InChI=1S/C22H23N3O2/c1-14-22(16(3)26)15(2)25(23-14)13-17(27)12-24-20-10-6-4-8-18(20)19-9-5-7-11-21(19)24/h4-11,17,27H,12-13H2,1-3H3. The molecule has 1 atom stereocenters. The van der Waals surface area contributed by atoms with Crippen LogP contribution in [0, 0.1) is 13.8 Å². The highest BCUT2D eigenvalue weighted by molar-refractivity contribution is 6.07. The molecule has 2 aromatic carbocycles. The molecule has 0 saturated carbocycles. The van der Waals surface area contributed by atoms with Crippen molar-refractivity contribution >= 4 is 27.6 Å². The lowest BCUT2D eigenvalue weighted by Crippen LogP contribution is -2.23. The van der Waals surface area contributed by atoms with Gasteiger partial charge in [0, 0.05) is 27.5 Å². The van der Waals surface area contributed by atoms with Gasteiger partial charge in [0.15, 0.2) is 5.78 Å². The molecule has 0 radical (unpaired) electrons. The summed E-state index contributed by atoms with van der Waals surface area (Å²) in [5.74, 6) is 0.00753. The molecular weight excluding hydrogens is 338 g/mol. The molecule has 5 nitrogen and oxygen atoms in total. The lowest BCUT2D eigenvalue weighted by molar-refractivity contribution is 0.101. The normalized spacial score (nSPS) is 12.7. The fraction of sp³-hybridized carbons (Fsp3) is 0.273. The largest absolute Gasteiger partial charge is 0.389 e. The molecule has 1 N–H and O–H groups in total. The highest BCUT2D eigenvalue weighted by atomic mass is 16.3. The van der Waals surface area contributed by atoms with Gasteiger partial charge in [-0.25, -0.2) is 0 Å². The molecule has 0 aliphatic heterocycles.